The van der Waals surface area contributed by atoms with E-state index in [2.05, 4.69) is 28.8 Å². The van der Waals surface area contributed by atoms with E-state index < -0.39 is 24.9 Å². The largest absolute Gasteiger partial charge is 0.509 e. The summed E-state index contributed by atoms with van der Waals surface area (Å²) in [6, 6.07) is 7.78. The standard InChI is InChI=1S/C27H41NO5/c1-3-4-5-6-7-8-9-10-11-12-13-14-18-21-25(33-27(31)32-2)24(22-29)28-26(30)23-19-16-15-17-20-23/h15-17,19-20,24-25,29H,3-14,22H2,1-2H3,(H,28,30)/t24-,25?/m0/s1. The van der Waals surface area contributed by atoms with Crippen LogP contribution in [0.25, 0.3) is 0 Å². The number of methoxy groups -OCH3 is 1. The second-order valence-corrected chi connectivity index (χ2v) is 8.23. The predicted molar refractivity (Wildman–Crippen MR) is 131 cm³/mol. The molecule has 0 saturated heterocycles. The lowest BCUT2D eigenvalue weighted by molar-refractivity contribution is 0.0327. The van der Waals surface area contributed by atoms with E-state index in [1.807, 2.05) is 6.07 Å². The summed E-state index contributed by atoms with van der Waals surface area (Å²) in [6.07, 6.45) is 12.6. The summed E-state index contributed by atoms with van der Waals surface area (Å²) >= 11 is 0. The van der Waals surface area contributed by atoms with E-state index in [1.54, 1.807) is 24.3 Å². The summed E-state index contributed by atoms with van der Waals surface area (Å²) < 4.78 is 9.75. The molecule has 33 heavy (non-hydrogen) atoms. The van der Waals surface area contributed by atoms with Crippen LogP contribution in [-0.2, 0) is 9.47 Å². The van der Waals surface area contributed by atoms with Crippen molar-refractivity contribution in [2.24, 2.45) is 0 Å². The molecule has 0 aromatic heterocycles. The fraction of sp³-hybridized carbons (Fsp3) is 0.630. The summed E-state index contributed by atoms with van der Waals surface area (Å²) in [5, 5.41) is 12.5. The molecule has 0 saturated carbocycles. The Kier molecular flexibility index (Phi) is 16.4. The maximum atomic E-state index is 12.4. The zero-order valence-corrected chi connectivity index (χ0v) is 20.3. The number of amides is 1. The van der Waals surface area contributed by atoms with Crippen LogP contribution in [0.4, 0.5) is 4.79 Å². The summed E-state index contributed by atoms with van der Waals surface area (Å²) in [5.74, 6) is 5.53. The van der Waals surface area contributed by atoms with Gasteiger partial charge in [0, 0.05) is 12.0 Å². The number of rotatable bonds is 16. The third-order valence-electron chi connectivity index (χ3n) is 5.45. The van der Waals surface area contributed by atoms with Gasteiger partial charge in [-0.05, 0) is 18.6 Å². The number of carbonyl (C=O) groups is 2. The van der Waals surface area contributed by atoms with Crippen molar-refractivity contribution >= 4 is 12.1 Å². The molecule has 1 aromatic carbocycles. The zero-order chi connectivity index (χ0) is 24.2. The number of aliphatic hydroxyl groups is 1. The number of benzene rings is 1. The van der Waals surface area contributed by atoms with Crippen LogP contribution in [0.5, 0.6) is 0 Å². The second-order valence-electron chi connectivity index (χ2n) is 8.23. The van der Waals surface area contributed by atoms with Gasteiger partial charge in [-0.25, -0.2) is 4.79 Å². The lowest BCUT2D eigenvalue weighted by Crippen LogP contribution is -2.47. The number of nitrogens with one attached hydrogen (secondary N) is 1. The molecule has 2 N–H and O–H groups in total. The van der Waals surface area contributed by atoms with E-state index in [9.17, 15) is 14.7 Å². The van der Waals surface area contributed by atoms with Crippen molar-refractivity contribution in [1.29, 1.82) is 0 Å². The monoisotopic (exact) mass is 459 g/mol. The Morgan fingerprint density at radius 2 is 1.52 bits per heavy atom. The molecule has 0 aliphatic rings. The summed E-state index contributed by atoms with van der Waals surface area (Å²) in [7, 11) is 1.20. The summed E-state index contributed by atoms with van der Waals surface area (Å²) in [4.78, 5) is 24.0. The highest BCUT2D eigenvalue weighted by atomic mass is 16.7. The Morgan fingerprint density at radius 3 is 2.06 bits per heavy atom. The highest BCUT2D eigenvalue weighted by Crippen LogP contribution is 2.12. The van der Waals surface area contributed by atoms with Crippen molar-refractivity contribution in [2.75, 3.05) is 13.7 Å². The van der Waals surface area contributed by atoms with Crippen molar-refractivity contribution in [2.45, 2.75) is 96.1 Å². The normalized spacial score (nSPS) is 12.2. The molecule has 1 amide bonds. The lowest BCUT2D eigenvalue weighted by Gasteiger charge is -2.22. The SMILES string of the molecule is CCCCCCCCCCCCCC#CC(OC(=O)OC)[C@H](CO)NC(=O)c1ccccc1. The molecule has 0 radical (unpaired) electrons. The van der Waals surface area contributed by atoms with Gasteiger partial charge in [0.15, 0.2) is 6.10 Å². The molecule has 0 aliphatic heterocycles. The zero-order valence-electron chi connectivity index (χ0n) is 20.3. The van der Waals surface area contributed by atoms with E-state index >= 15 is 0 Å². The van der Waals surface area contributed by atoms with Crippen molar-refractivity contribution < 1.29 is 24.2 Å². The first kappa shape index (κ1) is 28.5. The highest BCUT2D eigenvalue weighted by molar-refractivity contribution is 5.94. The molecule has 2 atom stereocenters. The fourth-order valence-electron chi connectivity index (χ4n) is 3.47. The van der Waals surface area contributed by atoms with Crippen LogP contribution >= 0.6 is 0 Å². The van der Waals surface area contributed by atoms with Gasteiger partial charge in [-0.3, -0.25) is 4.79 Å². The number of carbonyl (C=O) groups excluding carboxylic acids is 2. The quantitative estimate of drug-likeness (QED) is 0.190. The second kappa shape index (κ2) is 19.0. The number of aliphatic hydroxyl groups excluding tert-OH is 1. The minimum atomic E-state index is -0.997. The van der Waals surface area contributed by atoms with Gasteiger partial charge in [0.05, 0.1) is 13.7 Å². The Labute approximate surface area is 199 Å². The molecule has 6 heteroatoms. The average molecular weight is 460 g/mol. The molecule has 0 aliphatic carbocycles. The lowest BCUT2D eigenvalue weighted by atomic mass is 10.1. The van der Waals surface area contributed by atoms with Crippen LogP contribution in [-0.4, -0.2) is 43.0 Å². The first-order valence-corrected chi connectivity index (χ1v) is 12.3. The smallest absolute Gasteiger partial charge is 0.438 e. The first-order valence-electron chi connectivity index (χ1n) is 12.3. The van der Waals surface area contributed by atoms with Crippen molar-refractivity contribution in [3.63, 3.8) is 0 Å². The van der Waals surface area contributed by atoms with Gasteiger partial charge in [-0.2, -0.15) is 0 Å². The third-order valence-corrected chi connectivity index (χ3v) is 5.45. The highest BCUT2D eigenvalue weighted by Gasteiger charge is 2.25. The molecular weight excluding hydrogens is 418 g/mol. The minimum absolute atomic E-state index is 0.375. The Morgan fingerprint density at radius 1 is 0.939 bits per heavy atom. The van der Waals surface area contributed by atoms with Crippen LogP contribution in [0, 0.1) is 11.8 Å². The first-order chi connectivity index (χ1) is 16.1. The van der Waals surface area contributed by atoms with Crippen LogP contribution in [0.15, 0.2) is 30.3 Å². The fourth-order valence-corrected chi connectivity index (χ4v) is 3.47. The van der Waals surface area contributed by atoms with Gasteiger partial charge < -0.3 is 19.9 Å². The van der Waals surface area contributed by atoms with Gasteiger partial charge in [0.2, 0.25) is 0 Å². The minimum Gasteiger partial charge on any atom is -0.438 e. The van der Waals surface area contributed by atoms with Crippen LogP contribution in [0.2, 0.25) is 0 Å². The van der Waals surface area contributed by atoms with E-state index in [0.717, 1.165) is 12.8 Å². The topological polar surface area (TPSA) is 84.9 Å². The molecule has 0 fully saturated rings. The van der Waals surface area contributed by atoms with Crippen molar-refractivity contribution in [1.82, 2.24) is 5.32 Å². The van der Waals surface area contributed by atoms with E-state index in [-0.39, 0.29) is 5.91 Å². The van der Waals surface area contributed by atoms with Gasteiger partial charge in [-0.15, -0.1) is 0 Å². The van der Waals surface area contributed by atoms with Crippen LogP contribution in [0.3, 0.4) is 0 Å². The number of hydrogen-bond donors (Lipinski definition) is 2. The van der Waals surface area contributed by atoms with E-state index in [0.29, 0.717) is 12.0 Å². The maximum Gasteiger partial charge on any atom is 0.509 e. The average Bonchev–Trinajstić information content (AvgIpc) is 2.84. The number of hydrogen-bond acceptors (Lipinski definition) is 5. The molecular formula is C27H41NO5. The maximum absolute atomic E-state index is 12.4. The van der Waals surface area contributed by atoms with E-state index in [4.69, 9.17) is 4.74 Å². The van der Waals surface area contributed by atoms with Gasteiger partial charge >= 0.3 is 6.16 Å². The molecule has 1 rings (SSSR count). The molecule has 184 valence electrons. The van der Waals surface area contributed by atoms with Gasteiger partial charge in [0.1, 0.15) is 6.04 Å². The molecule has 6 nitrogen and oxygen atoms in total. The molecule has 1 aromatic rings. The summed E-state index contributed by atoms with van der Waals surface area (Å²) in [5.41, 5.74) is 0.446. The van der Waals surface area contributed by atoms with E-state index in [1.165, 1.54) is 64.9 Å². The van der Waals surface area contributed by atoms with Gasteiger partial charge in [-0.1, -0.05) is 101 Å². The molecule has 0 bridgehead atoms. The van der Waals surface area contributed by atoms with Gasteiger partial charge in [0.25, 0.3) is 5.91 Å². The molecule has 1 unspecified atom stereocenters. The third kappa shape index (κ3) is 13.6. The molecule has 0 heterocycles. The van der Waals surface area contributed by atoms with Crippen molar-refractivity contribution in [3.05, 3.63) is 35.9 Å². The van der Waals surface area contributed by atoms with Crippen LogP contribution < -0.4 is 5.32 Å². The Balaban J connectivity index is 2.40. The number of ether oxygens (including phenoxy) is 2. The molecule has 0 spiro atoms. The number of unbranched alkanes of at least 4 members (excludes halogenated alkanes) is 11. The Hall–Kier alpha value is -2.52. The summed E-state index contributed by atoms with van der Waals surface area (Å²) in [6.45, 7) is 1.82. The van der Waals surface area contributed by atoms with Crippen LogP contribution in [0.1, 0.15) is 94.3 Å². The predicted octanol–water partition coefficient (Wildman–Crippen LogP) is 5.63. The Bertz CT molecular complexity index is 710. The van der Waals surface area contributed by atoms with Crippen molar-refractivity contribution in [3.8, 4) is 11.8 Å².